The second-order valence-corrected chi connectivity index (χ2v) is 3.80. The highest BCUT2D eigenvalue weighted by atomic mass is 16.5. The molecule has 0 spiro atoms. The van der Waals surface area contributed by atoms with Gasteiger partial charge in [-0.05, 0) is 20.3 Å². The number of hydrogen-bond donors (Lipinski definition) is 1. The second kappa shape index (κ2) is 3.53. The van der Waals surface area contributed by atoms with Gasteiger partial charge in [-0.25, -0.2) is 0 Å². The third kappa shape index (κ3) is 1.57. The molecule has 1 aliphatic heterocycles. The average molecular weight is 194 g/mol. The Bertz CT molecular complexity index is 338. The van der Waals surface area contributed by atoms with Crippen LogP contribution >= 0.6 is 0 Å². The summed E-state index contributed by atoms with van der Waals surface area (Å²) in [6, 6.07) is 0. The minimum atomic E-state index is 0.104. The molecule has 1 N–H and O–H groups in total. The van der Waals surface area contributed by atoms with Gasteiger partial charge in [-0.15, -0.1) is 0 Å². The molecule has 0 amide bonds. The first-order valence-corrected chi connectivity index (χ1v) is 4.83. The first-order chi connectivity index (χ1) is 6.68. The number of nitrogens with zero attached hydrogens (tertiary/aromatic N) is 1. The van der Waals surface area contributed by atoms with E-state index in [1.165, 1.54) is 0 Å². The van der Waals surface area contributed by atoms with Crippen molar-refractivity contribution in [2.24, 2.45) is 5.92 Å². The number of rotatable bonds is 2. The Hall–Kier alpha value is -1.16. The lowest BCUT2D eigenvalue weighted by Gasteiger charge is -2.05. The van der Waals surface area contributed by atoms with Gasteiger partial charge in [-0.2, -0.15) is 0 Å². The van der Waals surface area contributed by atoms with E-state index in [-0.39, 0.29) is 5.92 Å². The molecule has 1 fully saturated rings. The van der Waals surface area contributed by atoms with Gasteiger partial charge in [0.15, 0.2) is 5.78 Å². The van der Waals surface area contributed by atoms with Gasteiger partial charge in [0.1, 0.15) is 5.76 Å². The molecular formula is C10H14N2O2. The predicted octanol–water partition coefficient (Wildman–Crippen LogP) is 0.622. The van der Waals surface area contributed by atoms with E-state index in [1.807, 2.05) is 13.8 Å². The molecule has 1 unspecified atom stereocenters. The van der Waals surface area contributed by atoms with Gasteiger partial charge in [0, 0.05) is 18.0 Å². The molecular weight excluding hydrogens is 180 g/mol. The highest BCUT2D eigenvalue weighted by Crippen LogP contribution is 2.18. The van der Waals surface area contributed by atoms with Gasteiger partial charge in [-0.1, -0.05) is 5.16 Å². The lowest BCUT2D eigenvalue weighted by Crippen LogP contribution is -2.15. The molecule has 2 rings (SSSR count). The zero-order valence-corrected chi connectivity index (χ0v) is 8.46. The van der Waals surface area contributed by atoms with Crippen LogP contribution in [0.5, 0.6) is 0 Å². The van der Waals surface area contributed by atoms with Crippen LogP contribution in [-0.2, 0) is 11.2 Å². The maximum atomic E-state index is 11.4. The Morgan fingerprint density at radius 1 is 1.57 bits per heavy atom. The quantitative estimate of drug-likeness (QED) is 0.750. The Morgan fingerprint density at radius 3 is 2.86 bits per heavy atom. The van der Waals surface area contributed by atoms with Crippen LogP contribution in [-0.4, -0.2) is 24.0 Å². The summed E-state index contributed by atoms with van der Waals surface area (Å²) in [6.45, 7) is 5.10. The summed E-state index contributed by atoms with van der Waals surface area (Å²) >= 11 is 0. The van der Waals surface area contributed by atoms with Crippen molar-refractivity contribution in [1.82, 2.24) is 10.5 Å². The molecule has 4 heteroatoms. The molecule has 0 bridgehead atoms. The monoisotopic (exact) mass is 194 g/mol. The minimum absolute atomic E-state index is 0.104. The molecule has 0 aliphatic carbocycles. The largest absolute Gasteiger partial charge is 0.361 e. The average Bonchev–Trinajstić information content (AvgIpc) is 2.67. The van der Waals surface area contributed by atoms with Crippen molar-refractivity contribution in [3.8, 4) is 0 Å². The van der Waals surface area contributed by atoms with Crippen LogP contribution in [0.3, 0.4) is 0 Å². The van der Waals surface area contributed by atoms with E-state index in [1.54, 1.807) is 0 Å². The number of ketones is 1. The number of aryl methyl sites for hydroxylation is 2. The van der Waals surface area contributed by atoms with Gasteiger partial charge in [0.25, 0.3) is 0 Å². The van der Waals surface area contributed by atoms with E-state index >= 15 is 0 Å². The smallest absolute Gasteiger partial charge is 0.151 e. The van der Waals surface area contributed by atoms with Crippen LogP contribution in [0.4, 0.5) is 0 Å². The van der Waals surface area contributed by atoms with E-state index in [0.29, 0.717) is 12.3 Å². The minimum Gasteiger partial charge on any atom is -0.361 e. The summed E-state index contributed by atoms with van der Waals surface area (Å²) < 4.78 is 5.06. The van der Waals surface area contributed by atoms with Crippen molar-refractivity contribution in [2.75, 3.05) is 13.1 Å². The molecule has 76 valence electrons. The van der Waals surface area contributed by atoms with Gasteiger partial charge in [-0.3, -0.25) is 4.79 Å². The summed E-state index contributed by atoms with van der Waals surface area (Å²) in [6.07, 6.45) is 0.757. The molecule has 0 radical (unpaired) electrons. The molecule has 2 heterocycles. The maximum Gasteiger partial charge on any atom is 0.151 e. The van der Waals surface area contributed by atoms with Crippen LogP contribution in [0.1, 0.15) is 17.0 Å². The fourth-order valence-electron chi connectivity index (χ4n) is 1.85. The highest BCUT2D eigenvalue weighted by Gasteiger charge is 2.26. The Labute approximate surface area is 82.7 Å². The number of aromatic nitrogens is 1. The Morgan fingerprint density at radius 2 is 2.36 bits per heavy atom. The van der Waals surface area contributed by atoms with Crippen LogP contribution in [0, 0.1) is 19.8 Å². The summed E-state index contributed by atoms with van der Waals surface area (Å²) in [5.41, 5.74) is 1.99. The zero-order chi connectivity index (χ0) is 10.1. The van der Waals surface area contributed by atoms with Crippen LogP contribution in [0.15, 0.2) is 4.52 Å². The molecule has 1 aromatic heterocycles. The molecule has 1 aromatic rings. The van der Waals surface area contributed by atoms with Crippen molar-refractivity contribution in [3.05, 3.63) is 17.0 Å². The SMILES string of the molecule is Cc1noc(C)c1CC1CNCC1=O. The maximum absolute atomic E-state index is 11.4. The molecule has 14 heavy (non-hydrogen) atoms. The summed E-state index contributed by atoms with van der Waals surface area (Å²) in [5, 5.41) is 6.95. The van der Waals surface area contributed by atoms with Crippen molar-refractivity contribution in [2.45, 2.75) is 20.3 Å². The van der Waals surface area contributed by atoms with Gasteiger partial charge in [0.2, 0.25) is 0 Å². The number of carbonyl (C=O) groups excluding carboxylic acids is 1. The van der Waals surface area contributed by atoms with E-state index in [4.69, 9.17) is 4.52 Å². The van der Waals surface area contributed by atoms with Crippen LogP contribution in [0.25, 0.3) is 0 Å². The van der Waals surface area contributed by atoms with Gasteiger partial charge < -0.3 is 9.84 Å². The molecule has 1 atom stereocenters. The van der Waals surface area contributed by atoms with Crippen LogP contribution < -0.4 is 5.32 Å². The Kier molecular flexibility index (Phi) is 2.37. The summed E-state index contributed by atoms with van der Waals surface area (Å²) in [5.74, 6) is 1.24. The molecule has 0 saturated carbocycles. The number of nitrogens with one attached hydrogen (secondary N) is 1. The Balaban J connectivity index is 2.14. The third-order valence-electron chi connectivity index (χ3n) is 2.78. The molecule has 1 saturated heterocycles. The first-order valence-electron chi connectivity index (χ1n) is 4.83. The number of hydrogen-bond acceptors (Lipinski definition) is 4. The second-order valence-electron chi connectivity index (χ2n) is 3.80. The van der Waals surface area contributed by atoms with Crippen molar-refractivity contribution < 1.29 is 9.32 Å². The number of Topliss-reactive ketones (excluding diaryl/α,β-unsaturated/α-hetero) is 1. The summed E-state index contributed by atoms with van der Waals surface area (Å²) in [7, 11) is 0. The molecule has 1 aliphatic rings. The normalized spacial score (nSPS) is 21.9. The number of carbonyl (C=O) groups is 1. The van der Waals surface area contributed by atoms with Crippen LogP contribution in [0.2, 0.25) is 0 Å². The van der Waals surface area contributed by atoms with Crippen molar-refractivity contribution in [3.63, 3.8) is 0 Å². The van der Waals surface area contributed by atoms with Gasteiger partial charge in [0.05, 0.1) is 12.2 Å². The molecule has 4 nitrogen and oxygen atoms in total. The molecule has 0 aromatic carbocycles. The van der Waals surface area contributed by atoms with E-state index in [2.05, 4.69) is 10.5 Å². The lowest BCUT2D eigenvalue weighted by atomic mass is 9.97. The first kappa shape index (κ1) is 9.40. The summed E-state index contributed by atoms with van der Waals surface area (Å²) in [4.78, 5) is 11.4. The fourth-order valence-corrected chi connectivity index (χ4v) is 1.85. The van der Waals surface area contributed by atoms with E-state index < -0.39 is 0 Å². The lowest BCUT2D eigenvalue weighted by molar-refractivity contribution is -0.119. The van der Waals surface area contributed by atoms with E-state index in [9.17, 15) is 4.79 Å². The topological polar surface area (TPSA) is 55.1 Å². The van der Waals surface area contributed by atoms with E-state index in [0.717, 1.165) is 30.0 Å². The zero-order valence-electron chi connectivity index (χ0n) is 8.46. The highest BCUT2D eigenvalue weighted by molar-refractivity contribution is 5.85. The van der Waals surface area contributed by atoms with Gasteiger partial charge >= 0.3 is 0 Å². The van der Waals surface area contributed by atoms with Crippen molar-refractivity contribution >= 4 is 5.78 Å². The third-order valence-corrected chi connectivity index (χ3v) is 2.78. The predicted molar refractivity (Wildman–Crippen MR) is 51.0 cm³/mol. The fraction of sp³-hybridized carbons (Fsp3) is 0.600. The standard InChI is InChI=1S/C10H14N2O2/c1-6-9(7(2)14-12-6)3-8-4-11-5-10(8)13/h8,11H,3-5H2,1-2H3. The van der Waals surface area contributed by atoms with Crippen molar-refractivity contribution in [1.29, 1.82) is 0 Å².